The number of hydrogen-bond acceptors (Lipinski definition) is 3. The number of rotatable bonds is 9. The van der Waals surface area contributed by atoms with Crippen LogP contribution in [-0.4, -0.2) is 14.5 Å². The predicted molar refractivity (Wildman–Crippen MR) is 287 cm³/mol. The van der Waals surface area contributed by atoms with Crippen LogP contribution < -0.4 is 0 Å². The van der Waals surface area contributed by atoms with Crippen molar-refractivity contribution in [1.29, 1.82) is 0 Å². The molecule has 5 heteroatoms. The molecule has 0 atom stereocenters. The van der Waals surface area contributed by atoms with E-state index in [2.05, 4.69) is 220 Å². The van der Waals surface area contributed by atoms with Gasteiger partial charge >= 0.3 is 0 Å². The number of benzene rings is 7. The summed E-state index contributed by atoms with van der Waals surface area (Å²) in [6.45, 7) is 24.8. The van der Waals surface area contributed by atoms with E-state index in [9.17, 15) is 0 Å². The Morgan fingerprint density at radius 2 is 1.19 bits per heavy atom. The third-order valence-corrected chi connectivity index (χ3v) is 13.2. The van der Waals surface area contributed by atoms with Gasteiger partial charge in [-0.3, -0.25) is 4.98 Å². The molecule has 3 heterocycles. The summed E-state index contributed by atoms with van der Waals surface area (Å²) in [5, 5.41) is 2.22. The molecule has 0 aliphatic carbocycles. The van der Waals surface area contributed by atoms with Gasteiger partial charge in [0.05, 0.1) is 22.4 Å². The Hall–Kier alpha value is -6.39. The van der Waals surface area contributed by atoms with Gasteiger partial charge in [0.15, 0.2) is 0 Å². The number of nitrogens with zero attached hydrogens (tertiary/aromatic N) is 3. The third-order valence-electron chi connectivity index (χ3n) is 13.2. The molecule has 4 nitrogen and oxygen atoms in total. The summed E-state index contributed by atoms with van der Waals surface area (Å²) in [7, 11) is 0. The Labute approximate surface area is 423 Å². The second-order valence-electron chi connectivity index (χ2n) is 20.4. The van der Waals surface area contributed by atoms with Crippen LogP contribution in [0.3, 0.4) is 0 Å². The van der Waals surface area contributed by atoms with Gasteiger partial charge in [0.25, 0.3) is 0 Å². The van der Waals surface area contributed by atoms with Gasteiger partial charge in [-0.1, -0.05) is 184 Å². The molecule has 0 bridgehead atoms. The average Bonchev–Trinajstić information content (AvgIpc) is 3.92. The zero-order chi connectivity index (χ0) is 47.9. The summed E-state index contributed by atoms with van der Waals surface area (Å²) in [6, 6.07) is 60.6. The van der Waals surface area contributed by atoms with Crippen molar-refractivity contribution in [2.45, 2.75) is 105 Å². The van der Waals surface area contributed by atoms with Crippen LogP contribution in [0.4, 0.5) is 0 Å². The normalized spacial score (nSPS) is 11.8. The summed E-state index contributed by atoms with van der Waals surface area (Å²) in [5.74, 6) is 2.63. The van der Waals surface area contributed by atoms with Crippen LogP contribution in [0.1, 0.15) is 128 Å². The van der Waals surface area contributed by atoms with E-state index >= 15 is 0 Å². The van der Waals surface area contributed by atoms with Gasteiger partial charge in [0.2, 0.25) is 0 Å². The number of pyridine rings is 1. The Morgan fingerprint density at radius 1 is 0.565 bits per heavy atom. The van der Waals surface area contributed by atoms with Crippen LogP contribution in [0, 0.1) is 12.1 Å². The van der Waals surface area contributed by atoms with Crippen molar-refractivity contribution in [3.63, 3.8) is 0 Å². The Kier molecular flexibility index (Phi) is 14.4. The van der Waals surface area contributed by atoms with E-state index in [0.29, 0.717) is 23.7 Å². The maximum Gasteiger partial charge on any atom is 0.121 e. The minimum Gasteiger partial charge on any atom is -0.501 e. The Morgan fingerprint density at radius 3 is 1.81 bits per heavy atom. The van der Waals surface area contributed by atoms with Gasteiger partial charge in [0.1, 0.15) is 5.58 Å². The van der Waals surface area contributed by atoms with Crippen molar-refractivity contribution in [3.8, 4) is 50.6 Å². The van der Waals surface area contributed by atoms with Crippen molar-refractivity contribution in [3.05, 3.63) is 198 Å². The molecular weight excluding hydrogens is 1020 g/mol. The van der Waals surface area contributed by atoms with Crippen molar-refractivity contribution in [2.24, 2.45) is 0 Å². The molecule has 69 heavy (non-hydrogen) atoms. The maximum absolute atomic E-state index is 6.67. The zero-order valence-electron chi connectivity index (χ0n) is 41.9. The number of para-hydroxylation sites is 3. The van der Waals surface area contributed by atoms with E-state index in [1.54, 1.807) is 0 Å². The van der Waals surface area contributed by atoms with Gasteiger partial charge < -0.3 is 14.0 Å². The fourth-order valence-electron chi connectivity index (χ4n) is 9.55. The molecule has 3 aromatic heterocycles. The molecule has 10 rings (SSSR count). The predicted octanol–water partition coefficient (Wildman–Crippen LogP) is 18.1. The first-order chi connectivity index (χ1) is 32.7. The third kappa shape index (κ3) is 9.78. The van der Waals surface area contributed by atoms with E-state index in [4.69, 9.17) is 14.4 Å². The van der Waals surface area contributed by atoms with E-state index in [0.717, 1.165) is 66.7 Å². The Balaban J connectivity index is 0.000000199. The van der Waals surface area contributed by atoms with Crippen molar-refractivity contribution >= 4 is 33.0 Å². The fraction of sp³-hybridized carbons (Fsp3) is 0.250. The van der Waals surface area contributed by atoms with Gasteiger partial charge in [-0.15, -0.1) is 53.6 Å². The van der Waals surface area contributed by atoms with Gasteiger partial charge in [-0.2, -0.15) is 0 Å². The van der Waals surface area contributed by atoms with Crippen LogP contribution in [0.15, 0.2) is 162 Å². The molecule has 0 aliphatic heterocycles. The number of aromatic nitrogens is 3. The average molecular weight is 1080 g/mol. The van der Waals surface area contributed by atoms with E-state index in [-0.39, 0.29) is 25.5 Å². The molecule has 0 fully saturated rings. The number of furan rings is 1. The van der Waals surface area contributed by atoms with Gasteiger partial charge in [-0.25, -0.2) is 0 Å². The second kappa shape index (κ2) is 20.3. The molecule has 351 valence electrons. The molecule has 0 saturated heterocycles. The largest absolute Gasteiger partial charge is 0.501 e. The quantitative estimate of drug-likeness (QED) is 0.135. The SMILES string of the molecule is CC(C)c1cccc(C(C)C)c1-c1ccnc(-c2[c-]c(C(C)(C)C)cc3c2oc2cc(-c4ccccc4)ccc23)c1.CC(C)c1cccc(C(C)C)c1-n1c(-c2[c-]cccc2)nc2ccccc21.[Ir]. The van der Waals surface area contributed by atoms with Crippen LogP contribution in [0.5, 0.6) is 0 Å². The van der Waals surface area contributed by atoms with Crippen molar-refractivity contribution in [2.75, 3.05) is 0 Å². The minimum absolute atomic E-state index is 0. The van der Waals surface area contributed by atoms with Crippen molar-refractivity contribution in [1.82, 2.24) is 14.5 Å². The van der Waals surface area contributed by atoms with E-state index in [1.165, 1.54) is 44.6 Å². The summed E-state index contributed by atoms with van der Waals surface area (Å²) in [4.78, 5) is 9.89. The van der Waals surface area contributed by atoms with Crippen LogP contribution in [0.25, 0.3) is 83.6 Å². The molecule has 0 N–H and O–H groups in total. The molecule has 10 aromatic rings. The fourth-order valence-corrected chi connectivity index (χ4v) is 9.55. The molecule has 0 unspecified atom stereocenters. The first-order valence-corrected chi connectivity index (χ1v) is 24.3. The second-order valence-corrected chi connectivity index (χ2v) is 20.4. The van der Waals surface area contributed by atoms with E-state index < -0.39 is 0 Å². The monoisotopic (exact) mass is 1080 g/mol. The molecule has 7 aromatic carbocycles. The number of fused-ring (bicyclic) bond motifs is 4. The molecule has 1 radical (unpaired) electrons. The minimum atomic E-state index is -0.0802. The maximum atomic E-state index is 6.67. The smallest absolute Gasteiger partial charge is 0.121 e. The standard InChI is InChI=1S/C39H38NO.C25H25N2.Ir/c1-24(2)30-14-11-15-31(25(3)4)37(30)28-18-19-40-35(20-28)34-23-29(39(5,6)7)22-33-32-17-16-27(21-36(32)41-38(33)34)26-12-9-8-10-13-26;1-17(2)20-13-10-14-21(18(3)4)24(20)27-23-16-9-8-15-22(23)26-25(27)19-11-6-5-7-12-19;/h8-22,24-25H,1-7H3;5-11,13-18H,1-4H3;/q2*-1;. The van der Waals surface area contributed by atoms with Crippen molar-refractivity contribution < 1.29 is 24.5 Å². The molecule has 0 spiro atoms. The summed E-state index contributed by atoms with van der Waals surface area (Å²) < 4.78 is 9.01. The Bertz CT molecular complexity index is 3330. The molecule has 0 aliphatic rings. The summed E-state index contributed by atoms with van der Waals surface area (Å²) >= 11 is 0. The first kappa shape index (κ1) is 49.0. The van der Waals surface area contributed by atoms with Gasteiger partial charge in [0, 0.05) is 37.4 Å². The zero-order valence-corrected chi connectivity index (χ0v) is 44.3. The summed E-state index contributed by atoms with van der Waals surface area (Å²) in [5.41, 5.74) is 19.3. The number of hydrogen-bond donors (Lipinski definition) is 0. The molecule has 0 amide bonds. The number of imidazole rings is 1. The topological polar surface area (TPSA) is 43.9 Å². The van der Waals surface area contributed by atoms with Crippen LogP contribution in [0.2, 0.25) is 0 Å². The van der Waals surface area contributed by atoms with Gasteiger partial charge in [-0.05, 0) is 104 Å². The molecule has 0 saturated carbocycles. The molecular formula is C64H63IrN3O-2. The van der Waals surface area contributed by atoms with E-state index in [1.807, 2.05) is 30.5 Å². The van der Waals surface area contributed by atoms with Crippen LogP contribution >= 0.6 is 0 Å². The van der Waals surface area contributed by atoms with Crippen LogP contribution in [-0.2, 0) is 25.5 Å². The first-order valence-electron chi connectivity index (χ1n) is 24.3. The summed E-state index contributed by atoms with van der Waals surface area (Å²) in [6.07, 6.45) is 1.94.